The van der Waals surface area contributed by atoms with Crippen molar-refractivity contribution in [1.82, 2.24) is 4.31 Å². The van der Waals surface area contributed by atoms with Gasteiger partial charge in [-0.25, -0.2) is 12.7 Å². The van der Waals surface area contributed by atoms with Gasteiger partial charge in [-0.05, 0) is 34.1 Å². The summed E-state index contributed by atoms with van der Waals surface area (Å²) in [7, 11) is -0.614. The van der Waals surface area contributed by atoms with Crippen molar-refractivity contribution in [3.05, 3.63) is 28.2 Å². The zero-order valence-electron chi connectivity index (χ0n) is 8.23. The molecule has 0 fully saturated rings. The minimum atomic E-state index is -3.50. The van der Waals surface area contributed by atoms with Crippen molar-refractivity contribution in [2.45, 2.75) is 4.90 Å². The highest BCUT2D eigenvalue weighted by Gasteiger charge is 2.20. The van der Waals surface area contributed by atoms with Gasteiger partial charge in [-0.1, -0.05) is 0 Å². The van der Waals surface area contributed by atoms with Crippen LogP contribution in [0.1, 0.15) is 5.56 Å². The van der Waals surface area contributed by atoms with Crippen LogP contribution in [-0.2, 0) is 10.0 Å². The van der Waals surface area contributed by atoms with Crippen LogP contribution >= 0.6 is 15.9 Å². The van der Waals surface area contributed by atoms with Gasteiger partial charge < -0.3 is 0 Å². The summed E-state index contributed by atoms with van der Waals surface area (Å²) in [6.07, 6.45) is 0. The van der Waals surface area contributed by atoms with Gasteiger partial charge in [0.1, 0.15) is 0 Å². The molecule has 6 heteroatoms. The van der Waals surface area contributed by atoms with E-state index in [4.69, 9.17) is 5.26 Å². The first-order valence-corrected chi connectivity index (χ1v) is 6.25. The lowest BCUT2D eigenvalue weighted by Gasteiger charge is -2.12. The molecule has 0 aliphatic rings. The summed E-state index contributed by atoms with van der Waals surface area (Å²) in [5.41, 5.74) is 0.318. The third-order valence-electron chi connectivity index (χ3n) is 1.82. The van der Waals surface area contributed by atoms with E-state index in [1.54, 1.807) is 12.1 Å². The van der Waals surface area contributed by atoms with E-state index in [2.05, 4.69) is 15.9 Å². The summed E-state index contributed by atoms with van der Waals surface area (Å²) in [4.78, 5) is 0.103. The molecule has 4 nitrogen and oxygen atoms in total. The number of nitrogens with zero attached hydrogens (tertiary/aromatic N) is 2. The van der Waals surface area contributed by atoms with Gasteiger partial charge in [0.2, 0.25) is 10.0 Å². The Bertz CT molecular complexity index is 517. The predicted molar refractivity (Wildman–Crippen MR) is 59.7 cm³/mol. The molecule has 1 aromatic carbocycles. The molecule has 15 heavy (non-hydrogen) atoms. The average Bonchev–Trinajstić information content (AvgIpc) is 2.18. The molecule has 0 radical (unpaired) electrons. The van der Waals surface area contributed by atoms with Crippen molar-refractivity contribution >= 4 is 26.0 Å². The smallest absolute Gasteiger partial charge is 0.207 e. The number of rotatable bonds is 2. The SMILES string of the molecule is CN(C)S(=O)(=O)c1cc(C#N)ccc1Br. The third kappa shape index (κ3) is 2.37. The van der Waals surface area contributed by atoms with Crippen LogP contribution in [0.3, 0.4) is 0 Å². The first-order valence-electron chi connectivity index (χ1n) is 4.02. The molecule has 1 rings (SSSR count). The number of hydrogen-bond acceptors (Lipinski definition) is 3. The van der Waals surface area contributed by atoms with E-state index in [0.717, 1.165) is 4.31 Å². The predicted octanol–water partition coefficient (Wildman–Crippen LogP) is 1.57. The molecule has 0 aromatic heterocycles. The zero-order chi connectivity index (χ0) is 11.6. The molecule has 0 aliphatic carbocycles. The highest BCUT2D eigenvalue weighted by Crippen LogP contribution is 2.24. The fourth-order valence-corrected chi connectivity index (χ4v) is 2.81. The Balaban J connectivity index is 3.45. The molecule has 0 bridgehead atoms. The summed E-state index contributed by atoms with van der Waals surface area (Å²) < 4.78 is 25.2. The lowest BCUT2D eigenvalue weighted by Crippen LogP contribution is -2.22. The molecule has 0 saturated carbocycles. The van der Waals surface area contributed by atoms with E-state index in [-0.39, 0.29) is 4.90 Å². The fraction of sp³-hybridized carbons (Fsp3) is 0.222. The van der Waals surface area contributed by atoms with Crippen LogP contribution in [-0.4, -0.2) is 26.8 Å². The summed E-state index contributed by atoms with van der Waals surface area (Å²) in [5.74, 6) is 0. The molecular weight excluding hydrogens is 280 g/mol. The third-order valence-corrected chi connectivity index (χ3v) is 4.63. The van der Waals surface area contributed by atoms with Gasteiger partial charge in [0, 0.05) is 18.6 Å². The number of halogens is 1. The molecule has 0 amide bonds. The summed E-state index contributed by atoms with van der Waals surface area (Å²) in [5, 5.41) is 8.68. The van der Waals surface area contributed by atoms with Crippen molar-refractivity contribution in [1.29, 1.82) is 5.26 Å². The normalized spacial score (nSPS) is 11.4. The van der Waals surface area contributed by atoms with Crippen LogP contribution in [0, 0.1) is 11.3 Å². The fourth-order valence-electron chi connectivity index (χ4n) is 0.967. The summed E-state index contributed by atoms with van der Waals surface area (Å²) in [6, 6.07) is 6.35. The molecule has 0 unspecified atom stereocenters. The van der Waals surface area contributed by atoms with Crippen LogP contribution in [0.15, 0.2) is 27.6 Å². The number of benzene rings is 1. The van der Waals surface area contributed by atoms with Gasteiger partial charge in [-0.3, -0.25) is 0 Å². The van der Waals surface area contributed by atoms with Crippen LogP contribution in [0.25, 0.3) is 0 Å². The highest BCUT2D eigenvalue weighted by atomic mass is 79.9. The Hall–Kier alpha value is -0.900. The average molecular weight is 289 g/mol. The van der Waals surface area contributed by atoms with Crippen molar-refractivity contribution in [3.8, 4) is 6.07 Å². The van der Waals surface area contributed by atoms with Crippen molar-refractivity contribution in [2.24, 2.45) is 0 Å². The topological polar surface area (TPSA) is 61.2 Å². The molecule has 0 heterocycles. The van der Waals surface area contributed by atoms with Crippen molar-refractivity contribution in [3.63, 3.8) is 0 Å². The summed E-state index contributed by atoms with van der Waals surface area (Å²) in [6.45, 7) is 0. The maximum Gasteiger partial charge on any atom is 0.243 e. The largest absolute Gasteiger partial charge is 0.243 e. The van der Waals surface area contributed by atoms with E-state index in [1.807, 2.05) is 6.07 Å². The molecule has 0 spiro atoms. The van der Waals surface area contributed by atoms with Crippen molar-refractivity contribution < 1.29 is 8.42 Å². The van der Waals surface area contributed by atoms with Crippen LogP contribution in [0.4, 0.5) is 0 Å². The Morgan fingerprint density at radius 1 is 1.40 bits per heavy atom. The maximum atomic E-state index is 11.8. The van der Waals surface area contributed by atoms with Gasteiger partial charge in [0.05, 0.1) is 16.5 Å². The van der Waals surface area contributed by atoms with E-state index in [0.29, 0.717) is 10.0 Å². The zero-order valence-corrected chi connectivity index (χ0v) is 10.6. The first-order chi connectivity index (χ1) is 6.89. The molecular formula is C9H9BrN2O2S. The van der Waals surface area contributed by atoms with Crippen LogP contribution in [0.5, 0.6) is 0 Å². The quantitative estimate of drug-likeness (QED) is 0.830. The van der Waals surface area contributed by atoms with Gasteiger partial charge in [-0.2, -0.15) is 5.26 Å². The second-order valence-corrected chi connectivity index (χ2v) is 6.02. The number of nitriles is 1. The molecule has 1 aromatic rings. The Morgan fingerprint density at radius 3 is 2.47 bits per heavy atom. The van der Waals surface area contributed by atoms with Gasteiger partial charge in [-0.15, -0.1) is 0 Å². The van der Waals surface area contributed by atoms with Crippen molar-refractivity contribution in [2.75, 3.05) is 14.1 Å². The molecule has 0 N–H and O–H groups in total. The summed E-state index contributed by atoms with van der Waals surface area (Å²) >= 11 is 3.15. The van der Waals surface area contributed by atoms with Gasteiger partial charge in [0.15, 0.2) is 0 Å². The monoisotopic (exact) mass is 288 g/mol. The lowest BCUT2D eigenvalue weighted by molar-refractivity contribution is 0.520. The maximum absolute atomic E-state index is 11.8. The molecule has 0 saturated heterocycles. The molecule has 0 atom stereocenters. The van der Waals surface area contributed by atoms with E-state index in [9.17, 15) is 8.42 Å². The molecule has 80 valence electrons. The minimum Gasteiger partial charge on any atom is -0.207 e. The first kappa shape index (κ1) is 12.2. The van der Waals surface area contributed by atoms with E-state index in [1.165, 1.54) is 20.2 Å². The Morgan fingerprint density at radius 2 is 2.00 bits per heavy atom. The lowest BCUT2D eigenvalue weighted by atomic mass is 10.2. The second-order valence-electron chi connectivity index (χ2n) is 3.04. The second kappa shape index (κ2) is 4.31. The van der Waals surface area contributed by atoms with E-state index >= 15 is 0 Å². The number of hydrogen-bond donors (Lipinski definition) is 0. The Labute approximate surface area is 97.3 Å². The van der Waals surface area contributed by atoms with Gasteiger partial charge >= 0.3 is 0 Å². The standard InChI is InChI=1S/C9H9BrN2O2S/c1-12(2)15(13,14)9-5-7(6-11)3-4-8(9)10/h3-5H,1-2H3. The molecule has 0 aliphatic heterocycles. The number of sulfonamides is 1. The van der Waals surface area contributed by atoms with E-state index < -0.39 is 10.0 Å². The highest BCUT2D eigenvalue weighted by molar-refractivity contribution is 9.10. The minimum absolute atomic E-state index is 0.103. The van der Waals surface area contributed by atoms with Crippen LogP contribution in [0.2, 0.25) is 0 Å². The Kier molecular flexibility index (Phi) is 3.50. The van der Waals surface area contributed by atoms with Gasteiger partial charge in [0.25, 0.3) is 0 Å². The van der Waals surface area contributed by atoms with Crippen LogP contribution < -0.4 is 0 Å².